The minimum atomic E-state index is 0.0204. The lowest BCUT2D eigenvalue weighted by molar-refractivity contribution is -0.665. The van der Waals surface area contributed by atoms with Crippen LogP contribution in [0.15, 0.2) is 66.7 Å². The summed E-state index contributed by atoms with van der Waals surface area (Å²) in [4.78, 5) is 0. The summed E-state index contributed by atoms with van der Waals surface area (Å²) in [6, 6.07) is 24.7. The Morgan fingerprint density at radius 1 is 0.714 bits per heavy atom. The van der Waals surface area contributed by atoms with Gasteiger partial charge >= 0.3 is 0 Å². The molecule has 1 heteroatoms. The number of rotatable bonds is 1. The van der Waals surface area contributed by atoms with E-state index in [1.807, 2.05) is 0 Å². The molecular weight excluding hydrogens is 338 g/mol. The largest absolute Gasteiger partial charge is 0.220 e. The van der Waals surface area contributed by atoms with Gasteiger partial charge in [0, 0.05) is 18.4 Å². The molecule has 0 fully saturated rings. The Morgan fingerprint density at radius 3 is 2.25 bits per heavy atom. The van der Waals surface area contributed by atoms with Crippen molar-refractivity contribution in [2.24, 2.45) is 7.05 Å². The van der Waals surface area contributed by atoms with E-state index in [1.54, 1.807) is 0 Å². The highest BCUT2D eigenvalue weighted by Gasteiger charge is 2.36. The standard InChI is InChI=1S/C27H26N/c1-17-14-23-21-12-8-9-13-24(21)27(3,4)25(23)16-22(17)26-20-11-7-6-10-19(20)15-18(2)28(26)5/h6-16H,1-5H3/q+1. The molecule has 1 nitrogen and oxygen atoms in total. The zero-order chi connectivity index (χ0) is 19.6. The van der Waals surface area contributed by atoms with Gasteiger partial charge in [-0.1, -0.05) is 62.4 Å². The summed E-state index contributed by atoms with van der Waals surface area (Å²) in [5.74, 6) is 0. The molecule has 0 aliphatic heterocycles. The molecule has 0 spiro atoms. The SMILES string of the molecule is Cc1cc2c(cc1-c1c3ccccc3cc(C)[n+]1C)C(C)(C)c1ccccc1-2. The second kappa shape index (κ2) is 5.78. The third-order valence-electron chi connectivity index (χ3n) is 6.63. The van der Waals surface area contributed by atoms with Crippen molar-refractivity contribution in [2.75, 3.05) is 0 Å². The minimum absolute atomic E-state index is 0.0204. The van der Waals surface area contributed by atoms with Gasteiger partial charge in [0.15, 0.2) is 5.69 Å². The Balaban J connectivity index is 1.86. The zero-order valence-electron chi connectivity index (χ0n) is 17.3. The smallest absolute Gasteiger partial charge is 0.198 e. The number of nitrogens with zero attached hydrogens (tertiary/aromatic N) is 1. The molecule has 5 rings (SSSR count). The van der Waals surface area contributed by atoms with Crippen LogP contribution in [0.1, 0.15) is 36.2 Å². The first kappa shape index (κ1) is 17.2. The van der Waals surface area contributed by atoms with Crippen molar-refractivity contribution in [2.45, 2.75) is 33.1 Å². The summed E-state index contributed by atoms with van der Waals surface area (Å²) in [5, 5.41) is 2.61. The minimum Gasteiger partial charge on any atom is -0.198 e. The summed E-state index contributed by atoms with van der Waals surface area (Å²) in [5.41, 5.74) is 10.9. The topological polar surface area (TPSA) is 3.88 Å². The van der Waals surface area contributed by atoms with Crippen LogP contribution in [0.3, 0.4) is 0 Å². The predicted octanol–water partition coefficient (Wildman–Crippen LogP) is 6.25. The van der Waals surface area contributed by atoms with Crippen LogP contribution in [0.5, 0.6) is 0 Å². The monoisotopic (exact) mass is 364 g/mol. The molecule has 1 aromatic heterocycles. The van der Waals surface area contributed by atoms with Crippen LogP contribution >= 0.6 is 0 Å². The van der Waals surface area contributed by atoms with Gasteiger partial charge in [-0.2, -0.15) is 4.57 Å². The van der Waals surface area contributed by atoms with E-state index >= 15 is 0 Å². The van der Waals surface area contributed by atoms with Gasteiger partial charge in [-0.3, -0.25) is 0 Å². The Hall–Kier alpha value is -2.93. The normalized spacial score (nSPS) is 14.2. The molecule has 0 unspecified atom stereocenters. The van der Waals surface area contributed by atoms with Crippen molar-refractivity contribution in [1.82, 2.24) is 0 Å². The highest BCUT2D eigenvalue weighted by Crippen LogP contribution is 2.50. The van der Waals surface area contributed by atoms with E-state index in [9.17, 15) is 0 Å². The van der Waals surface area contributed by atoms with Gasteiger partial charge in [0.25, 0.3) is 0 Å². The van der Waals surface area contributed by atoms with Crippen LogP contribution in [0.25, 0.3) is 33.2 Å². The highest BCUT2D eigenvalue weighted by molar-refractivity contribution is 5.95. The van der Waals surface area contributed by atoms with Crippen molar-refractivity contribution < 1.29 is 4.57 Å². The second-order valence-corrected chi connectivity index (χ2v) is 8.66. The van der Waals surface area contributed by atoms with E-state index < -0.39 is 0 Å². The maximum atomic E-state index is 2.45. The lowest BCUT2D eigenvalue weighted by Gasteiger charge is -2.22. The number of fused-ring (bicyclic) bond motifs is 4. The number of hydrogen-bond donors (Lipinski definition) is 0. The molecule has 28 heavy (non-hydrogen) atoms. The van der Waals surface area contributed by atoms with Crippen LogP contribution in [-0.4, -0.2) is 0 Å². The molecule has 4 aromatic rings. The molecule has 0 saturated heterocycles. The van der Waals surface area contributed by atoms with E-state index in [0.29, 0.717) is 0 Å². The van der Waals surface area contributed by atoms with Crippen molar-refractivity contribution in [1.29, 1.82) is 0 Å². The Morgan fingerprint density at radius 2 is 1.43 bits per heavy atom. The maximum Gasteiger partial charge on any atom is 0.220 e. The third kappa shape index (κ3) is 2.22. The number of benzene rings is 3. The van der Waals surface area contributed by atoms with Gasteiger partial charge in [-0.25, -0.2) is 0 Å². The third-order valence-corrected chi connectivity index (χ3v) is 6.63. The first-order valence-corrected chi connectivity index (χ1v) is 10.0. The fourth-order valence-electron chi connectivity index (χ4n) is 4.95. The molecule has 0 bridgehead atoms. The van der Waals surface area contributed by atoms with Gasteiger partial charge in [-0.05, 0) is 52.3 Å². The summed E-state index contributed by atoms with van der Waals surface area (Å²) in [6.07, 6.45) is 0. The maximum absolute atomic E-state index is 2.45. The first-order chi connectivity index (χ1) is 13.4. The zero-order valence-corrected chi connectivity index (χ0v) is 17.3. The van der Waals surface area contributed by atoms with Crippen LogP contribution in [0.2, 0.25) is 0 Å². The van der Waals surface area contributed by atoms with Gasteiger partial charge < -0.3 is 0 Å². The van der Waals surface area contributed by atoms with E-state index in [0.717, 1.165) is 0 Å². The Labute approximate surface area is 167 Å². The lowest BCUT2D eigenvalue weighted by Crippen LogP contribution is -2.35. The van der Waals surface area contributed by atoms with Crippen molar-refractivity contribution >= 4 is 10.8 Å². The van der Waals surface area contributed by atoms with Crippen LogP contribution in [-0.2, 0) is 12.5 Å². The number of pyridine rings is 1. The lowest BCUT2D eigenvalue weighted by atomic mass is 9.81. The number of aromatic nitrogens is 1. The average Bonchev–Trinajstić information content (AvgIpc) is 2.90. The molecule has 138 valence electrons. The molecule has 1 aliphatic rings. The predicted molar refractivity (Wildman–Crippen MR) is 118 cm³/mol. The van der Waals surface area contributed by atoms with Crippen LogP contribution in [0, 0.1) is 13.8 Å². The molecule has 0 N–H and O–H groups in total. The van der Waals surface area contributed by atoms with Gasteiger partial charge in [-0.15, -0.1) is 0 Å². The van der Waals surface area contributed by atoms with Gasteiger partial charge in [0.05, 0.1) is 10.9 Å². The molecule has 3 aromatic carbocycles. The molecule has 0 saturated carbocycles. The first-order valence-electron chi connectivity index (χ1n) is 10.0. The number of hydrogen-bond acceptors (Lipinski definition) is 0. The average molecular weight is 365 g/mol. The molecular formula is C27H26N+. The number of aryl methyl sites for hydroxylation is 2. The highest BCUT2D eigenvalue weighted by atomic mass is 14.9. The fourth-order valence-corrected chi connectivity index (χ4v) is 4.95. The Kier molecular flexibility index (Phi) is 3.55. The van der Waals surface area contributed by atoms with Gasteiger partial charge in [0.1, 0.15) is 7.05 Å². The fraction of sp³-hybridized carbons (Fsp3) is 0.222. The summed E-state index contributed by atoms with van der Waals surface area (Å²) < 4.78 is 2.34. The molecule has 0 amide bonds. The van der Waals surface area contributed by atoms with Crippen molar-refractivity contribution in [3.8, 4) is 22.4 Å². The van der Waals surface area contributed by atoms with E-state index in [1.165, 1.54) is 55.5 Å². The molecule has 1 aliphatic carbocycles. The van der Waals surface area contributed by atoms with E-state index in [2.05, 4.69) is 106 Å². The van der Waals surface area contributed by atoms with Crippen molar-refractivity contribution in [3.63, 3.8) is 0 Å². The molecule has 1 heterocycles. The summed E-state index contributed by atoms with van der Waals surface area (Å²) in [7, 11) is 2.18. The summed E-state index contributed by atoms with van der Waals surface area (Å²) >= 11 is 0. The molecule has 0 atom stereocenters. The quantitative estimate of drug-likeness (QED) is 0.351. The van der Waals surface area contributed by atoms with Crippen molar-refractivity contribution in [3.05, 3.63) is 89.1 Å². The van der Waals surface area contributed by atoms with E-state index in [4.69, 9.17) is 0 Å². The van der Waals surface area contributed by atoms with E-state index in [-0.39, 0.29) is 5.41 Å². The second-order valence-electron chi connectivity index (χ2n) is 8.66. The van der Waals surface area contributed by atoms with Gasteiger partial charge in [0.2, 0.25) is 5.69 Å². The molecule has 0 radical (unpaired) electrons. The van der Waals surface area contributed by atoms with Crippen LogP contribution in [0.4, 0.5) is 0 Å². The summed E-state index contributed by atoms with van der Waals surface area (Å²) in [6.45, 7) is 9.15. The van der Waals surface area contributed by atoms with Crippen LogP contribution < -0.4 is 4.57 Å². The Bertz CT molecular complexity index is 1260.